The summed E-state index contributed by atoms with van der Waals surface area (Å²) in [5, 5.41) is 5.64. The number of nitrogens with one attached hydrogen (secondary N) is 2. The molecule has 2 N–H and O–H groups in total. The molecule has 2 rings (SSSR count). The highest BCUT2D eigenvalue weighted by Gasteiger charge is 2.02. The molecule has 0 radical (unpaired) electrons. The third kappa shape index (κ3) is 5.46. The van der Waals surface area contributed by atoms with Gasteiger partial charge in [0, 0.05) is 25.0 Å². The van der Waals surface area contributed by atoms with Gasteiger partial charge in [-0.25, -0.2) is 4.98 Å². The summed E-state index contributed by atoms with van der Waals surface area (Å²) in [5.41, 5.74) is 0.831. The maximum atomic E-state index is 11.1. The molecule has 2 aromatic rings. The number of anilines is 2. The lowest BCUT2D eigenvalue weighted by atomic mass is 10.3. The number of amides is 1. The molecule has 7 heteroatoms. The number of benzene rings is 1. The Balaban J connectivity index is 1.89. The van der Waals surface area contributed by atoms with E-state index in [-0.39, 0.29) is 5.91 Å². The van der Waals surface area contributed by atoms with Crippen molar-refractivity contribution < 1.29 is 14.3 Å². The molecular formula is C16H20N4O3. The predicted molar refractivity (Wildman–Crippen MR) is 87.1 cm³/mol. The van der Waals surface area contributed by atoms with Gasteiger partial charge in [-0.2, -0.15) is 4.98 Å². The fourth-order valence-corrected chi connectivity index (χ4v) is 1.78. The highest BCUT2D eigenvalue weighted by molar-refractivity contribution is 5.75. The zero-order valence-corrected chi connectivity index (χ0v) is 13.2. The zero-order chi connectivity index (χ0) is 16.5. The minimum absolute atomic E-state index is 0.0467. The third-order valence-corrected chi connectivity index (χ3v) is 2.91. The molecule has 7 nitrogen and oxygen atoms in total. The lowest BCUT2D eigenvalue weighted by molar-refractivity contribution is -0.121. The molecule has 0 spiro atoms. The first-order valence-corrected chi connectivity index (χ1v) is 7.37. The van der Waals surface area contributed by atoms with Crippen molar-refractivity contribution >= 4 is 17.5 Å². The highest BCUT2D eigenvalue weighted by atomic mass is 16.5. The number of carbonyl (C=O) groups is 1. The first-order chi connectivity index (χ1) is 11.2. The van der Waals surface area contributed by atoms with Crippen LogP contribution in [0, 0.1) is 0 Å². The van der Waals surface area contributed by atoms with Gasteiger partial charge < -0.3 is 20.1 Å². The van der Waals surface area contributed by atoms with E-state index in [0.29, 0.717) is 37.2 Å². The summed E-state index contributed by atoms with van der Waals surface area (Å²) in [6.45, 7) is 2.79. The average Bonchev–Trinajstić information content (AvgIpc) is 2.57. The largest absolute Gasteiger partial charge is 0.493 e. The van der Waals surface area contributed by atoms with Gasteiger partial charge in [-0.15, -0.1) is 0 Å². The second-order valence-corrected chi connectivity index (χ2v) is 4.57. The van der Waals surface area contributed by atoms with Crippen molar-refractivity contribution in [1.82, 2.24) is 15.3 Å². The molecule has 0 bridgehead atoms. The first kappa shape index (κ1) is 16.5. The summed E-state index contributed by atoms with van der Waals surface area (Å²) < 4.78 is 10.8. The fraction of sp³-hybridized carbons (Fsp3) is 0.312. The highest BCUT2D eigenvalue weighted by Crippen LogP contribution is 2.19. The van der Waals surface area contributed by atoms with Crippen molar-refractivity contribution in [3.63, 3.8) is 0 Å². The Morgan fingerprint density at radius 3 is 2.65 bits per heavy atom. The third-order valence-electron chi connectivity index (χ3n) is 2.91. The Labute approximate surface area is 135 Å². The molecule has 1 amide bonds. The normalized spacial score (nSPS) is 10.0. The smallest absolute Gasteiger partial charge is 0.230 e. The topological polar surface area (TPSA) is 85.4 Å². The quantitative estimate of drug-likeness (QED) is 0.776. The van der Waals surface area contributed by atoms with E-state index < -0.39 is 0 Å². The maximum absolute atomic E-state index is 11.1. The van der Waals surface area contributed by atoms with Crippen molar-refractivity contribution in [3.8, 4) is 11.6 Å². The number of carbonyl (C=O) groups excluding carboxylic acids is 1. The molecule has 0 aliphatic carbocycles. The van der Waals surface area contributed by atoms with Crippen LogP contribution in [0.1, 0.15) is 13.3 Å². The number of nitrogens with zero attached hydrogens (tertiary/aromatic N) is 2. The minimum atomic E-state index is -0.0467. The van der Waals surface area contributed by atoms with Crippen molar-refractivity contribution in [1.29, 1.82) is 0 Å². The Morgan fingerprint density at radius 1 is 1.17 bits per heavy atom. The second-order valence-electron chi connectivity index (χ2n) is 4.57. The van der Waals surface area contributed by atoms with Crippen molar-refractivity contribution in [3.05, 3.63) is 36.5 Å². The Hall–Kier alpha value is -2.83. The minimum Gasteiger partial charge on any atom is -0.493 e. The van der Waals surface area contributed by atoms with Gasteiger partial charge in [0.15, 0.2) is 0 Å². The molecule has 0 aliphatic heterocycles. The molecule has 122 valence electrons. The van der Waals surface area contributed by atoms with Gasteiger partial charge in [0.25, 0.3) is 0 Å². The van der Waals surface area contributed by atoms with E-state index in [4.69, 9.17) is 9.47 Å². The van der Waals surface area contributed by atoms with Crippen molar-refractivity contribution in [2.45, 2.75) is 13.3 Å². The lowest BCUT2D eigenvalue weighted by Crippen LogP contribution is -2.20. The predicted octanol–water partition coefficient (Wildman–Crippen LogP) is 2.13. The van der Waals surface area contributed by atoms with E-state index in [0.717, 1.165) is 5.69 Å². The van der Waals surface area contributed by atoms with Crippen LogP contribution < -0.4 is 20.1 Å². The lowest BCUT2D eigenvalue weighted by Gasteiger charge is -2.08. The van der Waals surface area contributed by atoms with E-state index in [1.165, 1.54) is 0 Å². The maximum Gasteiger partial charge on any atom is 0.230 e. The van der Waals surface area contributed by atoms with E-state index in [9.17, 15) is 4.79 Å². The van der Waals surface area contributed by atoms with E-state index in [2.05, 4.69) is 20.6 Å². The number of aromatic nitrogens is 2. The van der Waals surface area contributed by atoms with Crippen LogP contribution in [-0.2, 0) is 4.79 Å². The molecule has 0 saturated carbocycles. The molecule has 1 aromatic heterocycles. The number of hydrogen-bond donors (Lipinski definition) is 2. The first-order valence-electron chi connectivity index (χ1n) is 7.37. The SMILES string of the molecule is CCOc1ccnc(Nc2ccc(OCCC(=O)NC)cc2)n1. The molecule has 0 atom stereocenters. The van der Waals surface area contributed by atoms with Crippen molar-refractivity contribution in [2.75, 3.05) is 25.6 Å². The molecule has 0 unspecified atom stereocenters. The molecule has 0 saturated heterocycles. The van der Waals surface area contributed by atoms with Crippen LogP contribution in [0.25, 0.3) is 0 Å². The monoisotopic (exact) mass is 316 g/mol. The fourth-order valence-electron chi connectivity index (χ4n) is 1.78. The summed E-state index contributed by atoms with van der Waals surface area (Å²) in [5.74, 6) is 1.64. The average molecular weight is 316 g/mol. The van der Waals surface area contributed by atoms with E-state index >= 15 is 0 Å². The van der Waals surface area contributed by atoms with Crippen LogP contribution in [0.5, 0.6) is 11.6 Å². The summed E-state index contributed by atoms with van der Waals surface area (Å²) in [7, 11) is 1.60. The van der Waals surface area contributed by atoms with Crippen LogP contribution in [0.2, 0.25) is 0 Å². The summed E-state index contributed by atoms with van der Waals surface area (Å²) >= 11 is 0. The van der Waals surface area contributed by atoms with Gasteiger partial charge in [-0.3, -0.25) is 4.79 Å². The van der Waals surface area contributed by atoms with Gasteiger partial charge in [0.2, 0.25) is 17.7 Å². The van der Waals surface area contributed by atoms with E-state index in [1.807, 2.05) is 31.2 Å². The van der Waals surface area contributed by atoms with Gasteiger partial charge in [-0.05, 0) is 31.2 Å². The number of ether oxygens (including phenoxy) is 2. The zero-order valence-electron chi connectivity index (χ0n) is 13.2. The molecule has 0 fully saturated rings. The molecule has 1 aromatic carbocycles. The second kappa shape index (κ2) is 8.57. The summed E-state index contributed by atoms with van der Waals surface area (Å²) in [6.07, 6.45) is 1.96. The summed E-state index contributed by atoms with van der Waals surface area (Å²) in [6, 6.07) is 9.05. The van der Waals surface area contributed by atoms with Gasteiger partial charge in [-0.1, -0.05) is 0 Å². The van der Waals surface area contributed by atoms with Crippen LogP contribution in [0.3, 0.4) is 0 Å². The Kier molecular flexibility index (Phi) is 6.17. The molecular weight excluding hydrogens is 296 g/mol. The van der Waals surface area contributed by atoms with Gasteiger partial charge in [0.1, 0.15) is 5.75 Å². The summed E-state index contributed by atoms with van der Waals surface area (Å²) in [4.78, 5) is 19.5. The molecule has 0 aliphatic rings. The van der Waals surface area contributed by atoms with E-state index in [1.54, 1.807) is 19.3 Å². The van der Waals surface area contributed by atoms with Crippen LogP contribution in [0.4, 0.5) is 11.6 Å². The van der Waals surface area contributed by atoms with Crippen LogP contribution in [0.15, 0.2) is 36.5 Å². The number of hydrogen-bond acceptors (Lipinski definition) is 6. The van der Waals surface area contributed by atoms with Gasteiger partial charge in [0.05, 0.1) is 19.6 Å². The van der Waals surface area contributed by atoms with Crippen LogP contribution >= 0.6 is 0 Å². The Bertz CT molecular complexity index is 631. The number of rotatable bonds is 8. The van der Waals surface area contributed by atoms with Crippen molar-refractivity contribution in [2.24, 2.45) is 0 Å². The molecule has 1 heterocycles. The van der Waals surface area contributed by atoms with Crippen LogP contribution in [-0.4, -0.2) is 36.1 Å². The molecule has 23 heavy (non-hydrogen) atoms. The Morgan fingerprint density at radius 2 is 1.96 bits per heavy atom. The van der Waals surface area contributed by atoms with Gasteiger partial charge >= 0.3 is 0 Å². The standard InChI is InChI=1S/C16H20N4O3/c1-3-22-15-8-10-18-16(20-15)19-12-4-6-13(7-5-12)23-11-9-14(21)17-2/h4-8,10H,3,9,11H2,1-2H3,(H,17,21)(H,18,19,20).